The number of hydrogen-bond donors (Lipinski definition) is 1. The highest BCUT2D eigenvalue weighted by molar-refractivity contribution is 6.43. The predicted octanol–water partition coefficient (Wildman–Crippen LogP) is 8.22. The van der Waals surface area contributed by atoms with Crippen LogP contribution in [0.25, 0.3) is 32.9 Å². The van der Waals surface area contributed by atoms with E-state index in [1.165, 1.54) is 0 Å². The van der Waals surface area contributed by atoms with Gasteiger partial charge in [0, 0.05) is 83.7 Å². The van der Waals surface area contributed by atoms with E-state index in [0.29, 0.717) is 70.6 Å². The lowest BCUT2D eigenvalue weighted by Gasteiger charge is -2.39. The largest absolute Gasteiger partial charge is 0.376 e. The summed E-state index contributed by atoms with van der Waals surface area (Å²) in [6, 6.07) is 14.2. The van der Waals surface area contributed by atoms with Gasteiger partial charge in [-0.05, 0) is 81.0 Å². The van der Waals surface area contributed by atoms with Gasteiger partial charge < -0.3 is 19.5 Å². The van der Waals surface area contributed by atoms with E-state index in [-0.39, 0.29) is 58.9 Å². The van der Waals surface area contributed by atoms with E-state index in [1.807, 2.05) is 13.0 Å². The number of aryl methyl sites for hydroxylation is 2. The van der Waals surface area contributed by atoms with Gasteiger partial charge in [-0.2, -0.15) is 10.5 Å². The van der Waals surface area contributed by atoms with Crippen molar-refractivity contribution in [1.82, 2.24) is 19.8 Å². The minimum absolute atomic E-state index is 0.0615. The van der Waals surface area contributed by atoms with Crippen LogP contribution in [0.4, 0.5) is 4.39 Å². The summed E-state index contributed by atoms with van der Waals surface area (Å²) in [5, 5.41) is 24.8. The molecule has 2 aromatic carbocycles. The van der Waals surface area contributed by atoms with Crippen molar-refractivity contribution in [3.05, 3.63) is 63.1 Å². The predicted molar refractivity (Wildman–Crippen MR) is 194 cm³/mol. The molecule has 0 spiro atoms. The number of fused-ring (bicyclic) bond motifs is 4. The molecule has 4 aromatic rings. The molecule has 6 fully saturated rings. The zero-order valence-electron chi connectivity index (χ0n) is 28.5. The van der Waals surface area contributed by atoms with E-state index in [0.717, 1.165) is 55.2 Å². The van der Waals surface area contributed by atoms with Crippen LogP contribution in [0.3, 0.4) is 0 Å². The lowest BCUT2D eigenvalue weighted by atomic mass is 9.76. The standard InChI is InChI=1S/C40H39Cl2FN6O2/c1-20-28-15-33(32-14-26(18-48(32)40(50)23-7-8-23)51-19-22-10-21(11-22)16-45)49(38-25-13-31(38)46-17-25)39(28)29-12-24(4-3-9-44)34(36(43)37(29)47-20)27-5-2-6-30(41)35(27)42/h2,5-6,12,15,21-23,25-26,31-32,38,46H,3-4,7-8,10-11,13-14,17-19H2,1H3/t21?,22?,25-,26+,31-,32-,38+/m1/s1. The molecule has 1 amide bonds. The number of pyridine rings is 1. The third-order valence-corrected chi connectivity index (χ3v) is 13.1. The monoisotopic (exact) mass is 724 g/mol. The van der Waals surface area contributed by atoms with Gasteiger partial charge in [0.05, 0.1) is 45.9 Å². The summed E-state index contributed by atoms with van der Waals surface area (Å²) >= 11 is 13.1. The molecule has 3 saturated carbocycles. The molecule has 11 heteroatoms. The van der Waals surface area contributed by atoms with Crippen LogP contribution in [-0.4, -0.2) is 52.2 Å². The molecule has 1 N–H and O–H groups in total. The van der Waals surface area contributed by atoms with Crippen molar-refractivity contribution in [2.75, 3.05) is 19.7 Å². The highest BCUT2D eigenvalue weighted by Crippen LogP contribution is 2.51. The summed E-state index contributed by atoms with van der Waals surface area (Å²) in [7, 11) is 0. The SMILES string of the molecule is Cc1nc2c(F)c(-c3cccc(Cl)c3Cl)c(CCC#N)cc2c2c1cc([C@H]1C[C@H](OCC3CC(C#N)C3)CN1C(=O)C1CC1)n2[C@H]1[C@H]2CN[C@@H]1C2. The van der Waals surface area contributed by atoms with Crippen molar-refractivity contribution >= 4 is 50.9 Å². The maximum Gasteiger partial charge on any atom is 0.226 e. The van der Waals surface area contributed by atoms with Crippen LogP contribution in [0.5, 0.6) is 0 Å². The molecule has 5 heterocycles. The summed E-state index contributed by atoms with van der Waals surface area (Å²) < 4.78 is 26.1. The van der Waals surface area contributed by atoms with E-state index in [4.69, 9.17) is 32.9 Å². The van der Waals surface area contributed by atoms with E-state index in [2.05, 4.69) is 33.0 Å². The molecule has 262 valence electrons. The summed E-state index contributed by atoms with van der Waals surface area (Å²) in [6.07, 6.45) is 5.80. The van der Waals surface area contributed by atoms with Gasteiger partial charge >= 0.3 is 0 Å². The second kappa shape index (κ2) is 12.7. The number of halogens is 3. The van der Waals surface area contributed by atoms with E-state index in [1.54, 1.807) is 18.2 Å². The van der Waals surface area contributed by atoms with Crippen LogP contribution >= 0.6 is 23.2 Å². The maximum atomic E-state index is 17.2. The summed E-state index contributed by atoms with van der Waals surface area (Å²) in [4.78, 5) is 20.9. The Hall–Kier alpha value is -3.73. The van der Waals surface area contributed by atoms with Crippen molar-refractivity contribution in [3.8, 4) is 23.3 Å². The number of rotatable bonds is 9. The second-order valence-electron chi connectivity index (χ2n) is 15.4. The minimum atomic E-state index is -0.479. The van der Waals surface area contributed by atoms with Crippen LogP contribution in [0.1, 0.15) is 74.0 Å². The smallest absolute Gasteiger partial charge is 0.226 e. The number of nitrogens with zero attached hydrogens (tertiary/aromatic N) is 5. The van der Waals surface area contributed by atoms with Gasteiger partial charge in [0.1, 0.15) is 5.52 Å². The van der Waals surface area contributed by atoms with Crippen LogP contribution in [-0.2, 0) is 16.0 Å². The first kappa shape index (κ1) is 33.1. The molecular weight excluding hydrogens is 686 g/mol. The Morgan fingerprint density at radius 1 is 1.14 bits per heavy atom. The van der Waals surface area contributed by atoms with Gasteiger partial charge in [0.25, 0.3) is 0 Å². The van der Waals surface area contributed by atoms with Crippen LogP contribution in [0.15, 0.2) is 30.3 Å². The number of nitriles is 2. The van der Waals surface area contributed by atoms with Gasteiger partial charge in [0.15, 0.2) is 5.82 Å². The van der Waals surface area contributed by atoms with Crippen molar-refractivity contribution in [1.29, 1.82) is 10.5 Å². The van der Waals surface area contributed by atoms with Gasteiger partial charge in [-0.1, -0.05) is 35.3 Å². The van der Waals surface area contributed by atoms with Gasteiger partial charge in [-0.3, -0.25) is 4.79 Å². The molecule has 3 aliphatic carbocycles. The normalized spacial score (nSPS) is 28.1. The first-order valence-corrected chi connectivity index (χ1v) is 19.0. The van der Waals surface area contributed by atoms with E-state index in [9.17, 15) is 15.3 Å². The van der Waals surface area contributed by atoms with E-state index < -0.39 is 5.82 Å². The average Bonchev–Trinajstić information content (AvgIpc) is 3.40. The maximum absolute atomic E-state index is 17.2. The van der Waals surface area contributed by atoms with Crippen molar-refractivity contribution in [2.45, 2.75) is 82.5 Å². The lowest BCUT2D eigenvalue weighted by Crippen LogP contribution is -2.41. The highest BCUT2D eigenvalue weighted by Gasteiger charge is 2.51. The molecular formula is C40H39Cl2FN6O2. The van der Waals surface area contributed by atoms with Gasteiger partial charge in [-0.25, -0.2) is 9.37 Å². The molecule has 10 rings (SSSR count). The van der Waals surface area contributed by atoms with Crippen LogP contribution in [0, 0.1) is 59.1 Å². The number of likely N-dealkylation sites (tertiary alicyclic amines) is 1. The third-order valence-electron chi connectivity index (χ3n) is 12.2. The molecule has 51 heavy (non-hydrogen) atoms. The fraction of sp³-hybridized carbons (Fsp3) is 0.500. The molecule has 0 unspecified atom stereocenters. The Bertz CT molecular complexity index is 2170. The Labute approximate surface area is 306 Å². The Morgan fingerprint density at radius 2 is 1.96 bits per heavy atom. The number of nitrogens with one attached hydrogen (secondary N) is 1. The Kier molecular flexibility index (Phi) is 8.28. The summed E-state index contributed by atoms with van der Waals surface area (Å²) in [5.74, 6) is 0.716. The first-order valence-electron chi connectivity index (χ1n) is 18.3. The second-order valence-corrected chi connectivity index (χ2v) is 16.2. The van der Waals surface area contributed by atoms with Gasteiger partial charge in [0.2, 0.25) is 5.91 Å². The fourth-order valence-corrected chi connectivity index (χ4v) is 9.75. The summed E-state index contributed by atoms with van der Waals surface area (Å²) in [5.41, 5.74) is 4.43. The molecule has 2 bridgehead atoms. The number of aromatic nitrogens is 2. The topological polar surface area (TPSA) is 107 Å². The minimum Gasteiger partial charge on any atom is -0.376 e. The Balaban J connectivity index is 1.21. The zero-order chi connectivity index (χ0) is 35.1. The van der Waals surface area contributed by atoms with Crippen molar-refractivity contribution in [2.24, 2.45) is 23.7 Å². The van der Waals surface area contributed by atoms with Crippen molar-refractivity contribution < 1.29 is 13.9 Å². The number of carbonyl (C=O) groups excluding carboxylic acids is 1. The molecule has 6 aliphatic rings. The number of ether oxygens (including phenoxy) is 1. The number of amides is 1. The Morgan fingerprint density at radius 3 is 2.67 bits per heavy atom. The first-order chi connectivity index (χ1) is 24.7. The summed E-state index contributed by atoms with van der Waals surface area (Å²) in [6.45, 7) is 4.00. The molecule has 3 aliphatic heterocycles. The van der Waals surface area contributed by atoms with Crippen LogP contribution in [0.2, 0.25) is 10.0 Å². The average molecular weight is 726 g/mol. The molecule has 0 radical (unpaired) electrons. The van der Waals surface area contributed by atoms with Gasteiger partial charge in [-0.15, -0.1) is 0 Å². The fourth-order valence-electron chi connectivity index (χ4n) is 9.35. The van der Waals surface area contributed by atoms with Crippen molar-refractivity contribution in [3.63, 3.8) is 0 Å². The third kappa shape index (κ3) is 5.43. The number of benzene rings is 2. The lowest BCUT2D eigenvalue weighted by molar-refractivity contribution is -0.134. The van der Waals surface area contributed by atoms with Crippen LogP contribution < -0.4 is 5.32 Å². The molecule has 5 atom stereocenters. The number of hydrogen-bond acceptors (Lipinski definition) is 6. The number of carbonyl (C=O) groups is 1. The van der Waals surface area contributed by atoms with E-state index >= 15 is 4.39 Å². The highest BCUT2D eigenvalue weighted by atomic mass is 35.5. The molecule has 8 nitrogen and oxygen atoms in total. The quantitative estimate of drug-likeness (QED) is 0.187. The molecule has 3 saturated heterocycles. The zero-order valence-corrected chi connectivity index (χ0v) is 30.0. The molecule has 2 aromatic heterocycles.